The van der Waals surface area contributed by atoms with Gasteiger partial charge in [0.1, 0.15) is 5.76 Å². The molecule has 0 N–H and O–H groups in total. The zero-order valence-electron chi connectivity index (χ0n) is 9.14. The molecule has 4 nitrogen and oxygen atoms in total. The van der Waals surface area contributed by atoms with Crippen molar-refractivity contribution in [3.63, 3.8) is 0 Å². The molecule has 0 saturated carbocycles. The number of aryl methyl sites for hydroxylation is 1. The Kier molecular flexibility index (Phi) is 5.05. The molecule has 0 spiro atoms. The summed E-state index contributed by atoms with van der Waals surface area (Å²) in [5.41, 5.74) is 0. The summed E-state index contributed by atoms with van der Waals surface area (Å²) in [5.74, 6) is 0.149. The second kappa shape index (κ2) is 6.61. The summed E-state index contributed by atoms with van der Waals surface area (Å²) in [6, 6.07) is 3.58. The topological polar surface area (TPSA) is 56.5 Å². The second-order valence-electron chi connectivity index (χ2n) is 3.13. The van der Waals surface area contributed by atoms with Crippen LogP contribution in [0.25, 0.3) is 0 Å². The van der Waals surface area contributed by atoms with E-state index in [0.717, 1.165) is 11.8 Å². The summed E-state index contributed by atoms with van der Waals surface area (Å²) in [5, 5.41) is 0. The molecular weight excluding hydrogens is 208 g/mol. The fourth-order valence-electron chi connectivity index (χ4n) is 1.14. The summed E-state index contributed by atoms with van der Waals surface area (Å²) in [4.78, 5) is 22.2. The first kappa shape index (κ1) is 12.2. The normalized spacial score (nSPS) is 10.6. The van der Waals surface area contributed by atoms with Crippen LogP contribution in [0, 0.1) is 0 Å². The van der Waals surface area contributed by atoms with Crippen LogP contribution in [0.2, 0.25) is 0 Å². The number of furan rings is 1. The van der Waals surface area contributed by atoms with E-state index in [-0.39, 0.29) is 5.78 Å². The standard InChI is InChI=1S/C12H14O4/c1-2-15-12(14)8-6-10(13)5-7-11-4-3-9-16-11/h3-4,6,8-9H,2,5,7H2,1H3/b8-6+. The first-order valence-electron chi connectivity index (χ1n) is 5.12. The summed E-state index contributed by atoms with van der Waals surface area (Å²) in [6.45, 7) is 2.02. The molecule has 1 rings (SSSR count). The smallest absolute Gasteiger partial charge is 0.330 e. The molecule has 86 valence electrons. The molecule has 0 bridgehead atoms. The predicted octanol–water partition coefficient (Wildman–Crippen LogP) is 1.90. The van der Waals surface area contributed by atoms with Gasteiger partial charge >= 0.3 is 5.97 Å². The molecule has 0 atom stereocenters. The quantitative estimate of drug-likeness (QED) is 0.545. The van der Waals surface area contributed by atoms with Crippen LogP contribution in [0.5, 0.6) is 0 Å². The molecule has 16 heavy (non-hydrogen) atoms. The molecule has 0 unspecified atom stereocenters. The lowest BCUT2D eigenvalue weighted by Crippen LogP contribution is -2.01. The predicted molar refractivity (Wildman–Crippen MR) is 57.8 cm³/mol. The maximum atomic E-state index is 11.3. The number of hydrogen-bond donors (Lipinski definition) is 0. The van der Waals surface area contributed by atoms with Gasteiger partial charge in [0.25, 0.3) is 0 Å². The highest BCUT2D eigenvalue weighted by Crippen LogP contribution is 2.04. The zero-order chi connectivity index (χ0) is 11.8. The highest BCUT2D eigenvalue weighted by molar-refractivity contribution is 5.95. The number of ether oxygens (including phenoxy) is 1. The van der Waals surface area contributed by atoms with Gasteiger partial charge in [0, 0.05) is 18.9 Å². The van der Waals surface area contributed by atoms with Crippen LogP contribution in [0.15, 0.2) is 35.0 Å². The van der Waals surface area contributed by atoms with Gasteiger partial charge in [-0.3, -0.25) is 4.79 Å². The van der Waals surface area contributed by atoms with E-state index >= 15 is 0 Å². The Hall–Kier alpha value is -1.84. The van der Waals surface area contributed by atoms with Gasteiger partial charge in [-0.25, -0.2) is 4.79 Å². The van der Waals surface area contributed by atoms with Crippen molar-refractivity contribution in [2.24, 2.45) is 0 Å². The van der Waals surface area contributed by atoms with Crippen LogP contribution < -0.4 is 0 Å². The van der Waals surface area contributed by atoms with Crippen molar-refractivity contribution in [3.05, 3.63) is 36.3 Å². The van der Waals surface area contributed by atoms with Crippen LogP contribution in [0.3, 0.4) is 0 Å². The van der Waals surface area contributed by atoms with Crippen LogP contribution in [-0.2, 0) is 20.7 Å². The minimum absolute atomic E-state index is 0.121. The summed E-state index contributed by atoms with van der Waals surface area (Å²) < 4.78 is 9.73. The van der Waals surface area contributed by atoms with E-state index < -0.39 is 5.97 Å². The molecule has 1 aromatic heterocycles. The average Bonchev–Trinajstić information content (AvgIpc) is 2.77. The largest absolute Gasteiger partial charge is 0.469 e. The Morgan fingerprint density at radius 2 is 2.25 bits per heavy atom. The number of hydrogen-bond acceptors (Lipinski definition) is 4. The van der Waals surface area contributed by atoms with Gasteiger partial charge in [-0.1, -0.05) is 0 Å². The number of ketones is 1. The van der Waals surface area contributed by atoms with Crippen molar-refractivity contribution >= 4 is 11.8 Å². The van der Waals surface area contributed by atoms with Gasteiger partial charge in [-0.15, -0.1) is 0 Å². The highest BCUT2D eigenvalue weighted by Gasteiger charge is 2.02. The summed E-state index contributed by atoms with van der Waals surface area (Å²) >= 11 is 0. The van der Waals surface area contributed by atoms with E-state index in [1.165, 1.54) is 6.08 Å². The lowest BCUT2D eigenvalue weighted by Gasteiger charge is -1.95. The van der Waals surface area contributed by atoms with Crippen LogP contribution in [0.1, 0.15) is 19.1 Å². The fraction of sp³-hybridized carbons (Fsp3) is 0.333. The third-order valence-electron chi connectivity index (χ3n) is 1.89. The Morgan fingerprint density at radius 3 is 2.88 bits per heavy atom. The molecular formula is C12H14O4. The van der Waals surface area contributed by atoms with E-state index in [1.807, 2.05) is 6.07 Å². The van der Waals surface area contributed by atoms with E-state index in [4.69, 9.17) is 4.42 Å². The second-order valence-corrected chi connectivity index (χ2v) is 3.13. The summed E-state index contributed by atoms with van der Waals surface area (Å²) in [6.07, 6.45) is 4.81. The van der Waals surface area contributed by atoms with Gasteiger partial charge < -0.3 is 9.15 Å². The molecule has 0 aliphatic carbocycles. The molecule has 4 heteroatoms. The van der Waals surface area contributed by atoms with E-state index in [1.54, 1.807) is 19.3 Å². The number of allylic oxidation sites excluding steroid dienone is 1. The van der Waals surface area contributed by atoms with E-state index in [9.17, 15) is 9.59 Å². The van der Waals surface area contributed by atoms with Gasteiger partial charge in [-0.2, -0.15) is 0 Å². The van der Waals surface area contributed by atoms with Crippen molar-refractivity contribution in [1.29, 1.82) is 0 Å². The third-order valence-corrected chi connectivity index (χ3v) is 1.89. The third kappa shape index (κ3) is 4.59. The zero-order valence-corrected chi connectivity index (χ0v) is 9.14. The number of esters is 1. The van der Waals surface area contributed by atoms with Gasteiger partial charge in [-0.05, 0) is 25.1 Å². The molecule has 0 aromatic carbocycles. The van der Waals surface area contributed by atoms with Crippen molar-refractivity contribution in [3.8, 4) is 0 Å². The Balaban J connectivity index is 2.28. The van der Waals surface area contributed by atoms with E-state index in [0.29, 0.717) is 19.4 Å². The maximum Gasteiger partial charge on any atom is 0.330 e. The lowest BCUT2D eigenvalue weighted by molar-refractivity contribution is -0.137. The summed E-state index contributed by atoms with van der Waals surface area (Å²) in [7, 11) is 0. The minimum atomic E-state index is -0.492. The molecule has 0 fully saturated rings. The highest BCUT2D eigenvalue weighted by atomic mass is 16.5. The number of carbonyl (C=O) groups excluding carboxylic acids is 2. The molecule has 0 aliphatic rings. The monoisotopic (exact) mass is 222 g/mol. The Labute approximate surface area is 93.9 Å². The van der Waals surface area contributed by atoms with Gasteiger partial charge in [0.2, 0.25) is 0 Å². The van der Waals surface area contributed by atoms with Crippen molar-refractivity contribution in [2.45, 2.75) is 19.8 Å². The molecule has 0 saturated heterocycles. The fourth-order valence-corrected chi connectivity index (χ4v) is 1.14. The van der Waals surface area contributed by atoms with Crippen LogP contribution in [0.4, 0.5) is 0 Å². The van der Waals surface area contributed by atoms with Crippen LogP contribution >= 0.6 is 0 Å². The first-order valence-corrected chi connectivity index (χ1v) is 5.12. The maximum absolute atomic E-state index is 11.3. The Morgan fingerprint density at radius 1 is 1.44 bits per heavy atom. The molecule has 0 amide bonds. The molecule has 0 aliphatic heterocycles. The average molecular weight is 222 g/mol. The minimum Gasteiger partial charge on any atom is -0.469 e. The van der Waals surface area contributed by atoms with Gasteiger partial charge in [0.05, 0.1) is 12.9 Å². The lowest BCUT2D eigenvalue weighted by atomic mass is 10.2. The van der Waals surface area contributed by atoms with E-state index in [2.05, 4.69) is 4.74 Å². The van der Waals surface area contributed by atoms with Gasteiger partial charge in [0.15, 0.2) is 5.78 Å². The molecule has 1 aromatic rings. The van der Waals surface area contributed by atoms with Crippen molar-refractivity contribution in [2.75, 3.05) is 6.61 Å². The Bertz CT molecular complexity index is 362. The number of rotatable bonds is 6. The van der Waals surface area contributed by atoms with Crippen LogP contribution in [-0.4, -0.2) is 18.4 Å². The van der Waals surface area contributed by atoms with Crippen molar-refractivity contribution < 1.29 is 18.7 Å². The number of carbonyl (C=O) groups is 2. The van der Waals surface area contributed by atoms with Crippen molar-refractivity contribution in [1.82, 2.24) is 0 Å². The first-order chi connectivity index (χ1) is 7.72. The molecule has 1 heterocycles. The molecule has 0 radical (unpaired) electrons. The SMILES string of the molecule is CCOC(=O)/C=C/C(=O)CCc1ccco1.